The third-order valence-corrected chi connectivity index (χ3v) is 3.41. The van der Waals surface area contributed by atoms with Crippen LogP contribution in [-0.4, -0.2) is 17.1 Å². The Kier molecular flexibility index (Phi) is 9.33. The SMILES string of the molecule is CC.CC.COc1cc2c(Cl)ncnc2cc1OCc1ccccc1. The normalized spacial score (nSPS) is 9.36. The lowest BCUT2D eigenvalue weighted by Crippen LogP contribution is -1.98. The maximum Gasteiger partial charge on any atom is 0.163 e. The molecule has 2 aromatic carbocycles. The first-order chi connectivity index (χ1) is 12.3. The summed E-state index contributed by atoms with van der Waals surface area (Å²) in [5.74, 6) is 1.23. The highest BCUT2D eigenvalue weighted by atomic mass is 35.5. The second kappa shape index (κ2) is 11.3. The van der Waals surface area contributed by atoms with E-state index in [0.29, 0.717) is 23.3 Å². The number of nitrogens with zero attached hydrogens (tertiary/aromatic N) is 2. The molecule has 1 heterocycles. The molecule has 1 aromatic heterocycles. The van der Waals surface area contributed by atoms with Crippen molar-refractivity contribution in [3.05, 3.63) is 59.5 Å². The van der Waals surface area contributed by atoms with Crippen molar-refractivity contribution in [1.82, 2.24) is 9.97 Å². The quantitative estimate of drug-likeness (QED) is 0.541. The van der Waals surface area contributed by atoms with Crippen molar-refractivity contribution < 1.29 is 9.47 Å². The van der Waals surface area contributed by atoms with Crippen LogP contribution in [0.4, 0.5) is 0 Å². The van der Waals surface area contributed by atoms with E-state index in [-0.39, 0.29) is 0 Å². The van der Waals surface area contributed by atoms with Gasteiger partial charge in [0.05, 0.1) is 12.6 Å². The van der Waals surface area contributed by atoms with Gasteiger partial charge in [-0.2, -0.15) is 0 Å². The summed E-state index contributed by atoms with van der Waals surface area (Å²) in [7, 11) is 1.59. The van der Waals surface area contributed by atoms with Crippen molar-refractivity contribution in [2.24, 2.45) is 0 Å². The van der Waals surface area contributed by atoms with E-state index in [1.165, 1.54) is 6.33 Å². The third-order valence-electron chi connectivity index (χ3n) is 3.11. The van der Waals surface area contributed by atoms with Crippen LogP contribution in [0.3, 0.4) is 0 Å². The molecule has 25 heavy (non-hydrogen) atoms. The van der Waals surface area contributed by atoms with E-state index in [4.69, 9.17) is 21.1 Å². The summed E-state index contributed by atoms with van der Waals surface area (Å²) in [5.41, 5.74) is 1.80. The largest absolute Gasteiger partial charge is 0.493 e. The molecule has 0 atom stereocenters. The van der Waals surface area contributed by atoms with Gasteiger partial charge in [-0.3, -0.25) is 0 Å². The second-order valence-corrected chi connectivity index (χ2v) is 4.82. The Balaban J connectivity index is 0.000000730. The first kappa shape index (κ1) is 20.7. The number of hydrogen-bond donors (Lipinski definition) is 0. The fraction of sp³-hybridized carbons (Fsp3) is 0.300. The van der Waals surface area contributed by atoms with E-state index in [9.17, 15) is 0 Å². The lowest BCUT2D eigenvalue weighted by Gasteiger charge is -2.12. The van der Waals surface area contributed by atoms with E-state index in [2.05, 4.69) is 9.97 Å². The molecule has 0 radical (unpaired) electrons. The molecule has 0 spiro atoms. The van der Waals surface area contributed by atoms with Gasteiger partial charge < -0.3 is 9.47 Å². The highest BCUT2D eigenvalue weighted by Crippen LogP contribution is 2.34. The molecule has 0 unspecified atom stereocenters. The Hall–Kier alpha value is -2.33. The Morgan fingerprint density at radius 2 is 1.60 bits per heavy atom. The molecule has 0 N–H and O–H groups in total. The van der Waals surface area contributed by atoms with Crippen molar-refractivity contribution in [2.75, 3.05) is 7.11 Å². The molecule has 3 rings (SSSR count). The predicted molar refractivity (Wildman–Crippen MR) is 105 cm³/mol. The molecular formula is C20H25ClN2O2. The average molecular weight is 361 g/mol. The topological polar surface area (TPSA) is 44.2 Å². The van der Waals surface area contributed by atoms with Crippen LogP contribution in [0.5, 0.6) is 11.5 Å². The number of fused-ring (bicyclic) bond motifs is 1. The standard InChI is InChI=1S/C16H13ClN2O2.2C2H6/c1-20-14-7-12-13(18-10-19-16(12)17)8-15(14)21-9-11-5-3-2-4-6-11;2*1-2/h2-8,10H,9H2,1H3;2*1-2H3. The summed E-state index contributed by atoms with van der Waals surface area (Å²) in [6.07, 6.45) is 1.43. The van der Waals surface area contributed by atoms with Crippen molar-refractivity contribution in [2.45, 2.75) is 34.3 Å². The van der Waals surface area contributed by atoms with Gasteiger partial charge in [0, 0.05) is 11.5 Å². The van der Waals surface area contributed by atoms with E-state index < -0.39 is 0 Å². The molecule has 0 saturated heterocycles. The monoisotopic (exact) mass is 360 g/mol. The number of rotatable bonds is 4. The smallest absolute Gasteiger partial charge is 0.163 e. The zero-order valence-corrected chi connectivity index (χ0v) is 16.2. The Labute approximate surface area is 154 Å². The maximum absolute atomic E-state index is 6.06. The van der Waals surface area contributed by atoms with Gasteiger partial charge in [0.2, 0.25) is 0 Å². The van der Waals surface area contributed by atoms with Crippen molar-refractivity contribution in [3.63, 3.8) is 0 Å². The molecule has 5 heteroatoms. The number of ether oxygens (including phenoxy) is 2. The van der Waals surface area contributed by atoms with Crippen LogP contribution in [0.15, 0.2) is 48.8 Å². The Morgan fingerprint density at radius 3 is 2.24 bits per heavy atom. The minimum Gasteiger partial charge on any atom is -0.493 e. The summed E-state index contributed by atoms with van der Waals surface area (Å²) in [5, 5.41) is 1.14. The molecule has 134 valence electrons. The van der Waals surface area contributed by atoms with Gasteiger partial charge >= 0.3 is 0 Å². The highest BCUT2D eigenvalue weighted by Gasteiger charge is 2.10. The zero-order chi connectivity index (χ0) is 18.7. The molecule has 0 aliphatic rings. The molecule has 0 saturated carbocycles. The average Bonchev–Trinajstić information content (AvgIpc) is 2.70. The van der Waals surface area contributed by atoms with E-state index >= 15 is 0 Å². The molecule has 0 bridgehead atoms. The molecule has 4 nitrogen and oxygen atoms in total. The van der Waals surface area contributed by atoms with E-state index in [1.807, 2.05) is 64.1 Å². The van der Waals surface area contributed by atoms with Gasteiger partial charge in [-0.1, -0.05) is 69.6 Å². The summed E-state index contributed by atoms with van der Waals surface area (Å²) in [4.78, 5) is 8.17. The number of hydrogen-bond acceptors (Lipinski definition) is 4. The third kappa shape index (κ3) is 5.61. The zero-order valence-electron chi connectivity index (χ0n) is 15.4. The van der Waals surface area contributed by atoms with Gasteiger partial charge in [0.15, 0.2) is 11.5 Å². The molecule has 0 fully saturated rings. The molecule has 3 aromatic rings. The Morgan fingerprint density at radius 1 is 0.920 bits per heavy atom. The lowest BCUT2D eigenvalue weighted by atomic mass is 10.2. The minimum absolute atomic E-state index is 0.396. The fourth-order valence-electron chi connectivity index (χ4n) is 2.04. The minimum atomic E-state index is 0.396. The van der Waals surface area contributed by atoms with Crippen LogP contribution in [0.1, 0.15) is 33.3 Å². The van der Waals surface area contributed by atoms with Crippen LogP contribution in [0.2, 0.25) is 5.15 Å². The molecule has 0 amide bonds. The van der Waals surface area contributed by atoms with Gasteiger partial charge in [-0.25, -0.2) is 9.97 Å². The maximum atomic E-state index is 6.06. The van der Waals surface area contributed by atoms with Crippen molar-refractivity contribution in [3.8, 4) is 11.5 Å². The summed E-state index contributed by atoms with van der Waals surface area (Å²) in [6.45, 7) is 8.46. The predicted octanol–water partition coefficient (Wildman–Crippen LogP) is 5.92. The van der Waals surface area contributed by atoms with Crippen LogP contribution in [0, 0.1) is 0 Å². The molecular weight excluding hydrogens is 336 g/mol. The number of aromatic nitrogens is 2. The van der Waals surface area contributed by atoms with Crippen LogP contribution in [0.25, 0.3) is 10.9 Å². The van der Waals surface area contributed by atoms with Gasteiger partial charge in [-0.15, -0.1) is 0 Å². The van der Waals surface area contributed by atoms with Crippen LogP contribution >= 0.6 is 11.6 Å². The van der Waals surface area contributed by atoms with Crippen molar-refractivity contribution in [1.29, 1.82) is 0 Å². The first-order valence-electron chi connectivity index (χ1n) is 8.43. The first-order valence-corrected chi connectivity index (χ1v) is 8.80. The van der Waals surface area contributed by atoms with Crippen LogP contribution in [-0.2, 0) is 6.61 Å². The second-order valence-electron chi connectivity index (χ2n) is 4.46. The van der Waals surface area contributed by atoms with Gasteiger partial charge in [0.25, 0.3) is 0 Å². The van der Waals surface area contributed by atoms with Gasteiger partial charge in [0.1, 0.15) is 18.1 Å². The van der Waals surface area contributed by atoms with Crippen LogP contribution < -0.4 is 9.47 Å². The lowest BCUT2D eigenvalue weighted by molar-refractivity contribution is 0.285. The number of halogens is 1. The summed E-state index contributed by atoms with van der Waals surface area (Å²) >= 11 is 6.06. The van der Waals surface area contributed by atoms with E-state index in [1.54, 1.807) is 13.2 Å². The highest BCUT2D eigenvalue weighted by molar-refractivity contribution is 6.34. The number of methoxy groups -OCH3 is 1. The fourth-order valence-corrected chi connectivity index (χ4v) is 2.24. The van der Waals surface area contributed by atoms with Crippen molar-refractivity contribution >= 4 is 22.5 Å². The summed E-state index contributed by atoms with van der Waals surface area (Å²) < 4.78 is 11.2. The number of benzene rings is 2. The van der Waals surface area contributed by atoms with Gasteiger partial charge in [-0.05, 0) is 11.6 Å². The van der Waals surface area contributed by atoms with E-state index in [0.717, 1.165) is 16.5 Å². The summed E-state index contributed by atoms with van der Waals surface area (Å²) in [6, 6.07) is 13.5. The Bertz CT molecular complexity index is 764. The molecule has 0 aliphatic carbocycles. The molecule has 0 aliphatic heterocycles.